The van der Waals surface area contributed by atoms with Gasteiger partial charge in [0.25, 0.3) is 5.91 Å². The van der Waals surface area contributed by atoms with Crippen molar-refractivity contribution in [1.29, 1.82) is 0 Å². The van der Waals surface area contributed by atoms with E-state index in [1.165, 1.54) is 5.56 Å². The van der Waals surface area contributed by atoms with Crippen LogP contribution in [-0.4, -0.2) is 44.8 Å². The van der Waals surface area contributed by atoms with E-state index >= 15 is 0 Å². The number of hydrogen-bond donors (Lipinski definition) is 1. The molecule has 6 nitrogen and oxygen atoms in total. The van der Waals surface area contributed by atoms with Gasteiger partial charge in [-0.2, -0.15) is 0 Å². The van der Waals surface area contributed by atoms with Gasteiger partial charge in [0.05, 0.1) is 25.9 Å². The highest BCUT2D eigenvalue weighted by atomic mass is 16.5. The summed E-state index contributed by atoms with van der Waals surface area (Å²) in [4.78, 5) is 15.0. The maximum Gasteiger partial charge on any atom is 0.257 e. The number of rotatable bonds is 10. The zero-order valence-electron chi connectivity index (χ0n) is 19.1. The first-order valence-electron chi connectivity index (χ1n) is 11.2. The first-order chi connectivity index (χ1) is 16.2. The Balaban J connectivity index is 1.49. The van der Waals surface area contributed by atoms with Crippen molar-refractivity contribution in [3.8, 4) is 11.5 Å². The molecule has 0 saturated heterocycles. The van der Waals surface area contributed by atoms with E-state index in [0.29, 0.717) is 36.8 Å². The minimum Gasteiger partial charge on any atom is -0.493 e. The third-order valence-corrected chi connectivity index (χ3v) is 5.77. The molecule has 0 spiro atoms. The Hall–Kier alpha value is -3.51. The molecule has 3 aromatic carbocycles. The number of nitrogens with one attached hydrogen (secondary N) is 1. The third-order valence-electron chi connectivity index (χ3n) is 5.77. The van der Waals surface area contributed by atoms with E-state index < -0.39 is 0 Å². The zero-order chi connectivity index (χ0) is 23.0. The molecule has 4 rings (SSSR count). The molecule has 3 aromatic rings. The van der Waals surface area contributed by atoms with Crippen LogP contribution in [-0.2, 0) is 11.2 Å². The normalized spacial score (nSPS) is 15.0. The van der Waals surface area contributed by atoms with Crippen molar-refractivity contribution in [1.82, 2.24) is 4.90 Å². The van der Waals surface area contributed by atoms with Gasteiger partial charge in [-0.1, -0.05) is 48.5 Å². The number of hydrogen-bond acceptors (Lipinski definition) is 5. The van der Waals surface area contributed by atoms with Crippen LogP contribution in [0.4, 0.5) is 5.69 Å². The molecule has 0 radical (unpaired) electrons. The van der Waals surface area contributed by atoms with E-state index in [1.54, 1.807) is 19.1 Å². The van der Waals surface area contributed by atoms with Crippen LogP contribution in [0.5, 0.6) is 11.5 Å². The zero-order valence-corrected chi connectivity index (χ0v) is 19.1. The number of aryl methyl sites for hydroxylation is 1. The molecule has 0 fully saturated rings. The molecule has 0 aliphatic carbocycles. The number of anilines is 1. The standard InChI is InChI=1S/C27H30N2O4/c1-31-18-16-29-26(28-23-13-7-6-12-22(23)27(29)30)21-14-15-24(25(19-21)32-2)33-17-8-11-20-9-4-3-5-10-20/h3-7,9-10,12-15,19,26,28H,8,11,16-18H2,1-2H3. The number of para-hydroxylation sites is 1. The number of nitrogens with zero attached hydrogens (tertiary/aromatic N) is 1. The first kappa shape index (κ1) is 22.7. The predicted octanol–water partition coefficient (Wildman–Crippen LogP) is 4.92. The maximum absolute atomic E-state index is 13.2. The van der Waals surface area contributed by atoms with Crippen LogP contribution in [0.1, 0.15) is 34.1 Å². The van der Waals surface area contributed by atoms with Gasteiger partial charge in [-0.3, -0.25) is 4.79 Å². The van der Waals surface area contributed by atoms with Crippen molar-refractivity contribution in [2.45, 2.75) is 19.0 Å². The predicted molar refractivity (Wildman–Crippen MR) is 129 cm³/mol. The van der Waals surface area contributed by atoms with Crippen LogP contribution in [0.15, 0.2) is 72.8 Å². The molecule has 0 bridgehead atoms. The maximum atomic E-state index is 13.2. The Bertz CT molecular complexity index is 1070. The molecule has 1 atom stereocenters. The summed E-state index contributed by atoms with van der Waals surface area (Å²) in [5.41, 5.74) is 3.70. The lowest BCUT2D eigenvalue weighted by Crippen LogP contribution is -2.44. The fraction of sp³-hybridized carbons (Fsp3) is 0.296. The van der Waals surface area contributed by atoms with Gasteiger partial charge in [-0.05, 0) is 48.2 Å². The third kappa shape index (κ3) is 5.29. The van der Waals surface area contributed by atoms with Crippen LogP contribution in [0.2, 0.25) is 0 Å². The van der Waals surface area contributed by atoms with Crippen molar-refractivity contribution >= 4 is 11.6 Å². The number of benzene rings is 3. The lowest BCUT2D eigenvalue weighted by Gasteiger charge is -2.38. The van der Waals surface area contributed by atoms with Gasteiger partial charge in [-0.15, -0.1) is 0 Å². The minimum absolute atomic E-state index is 0.0217. The summed E-state index contributed by atoms with van der Waals surface area (Å²) >= 11 is 0. The highest BCUT2D eigenvalue weighted by molar-refractivity contribution is 6.01. The average Bonchev–Trinajstić information content (AvgIpc) is 2.86. The van der Waals surface area contributed by atoms with E-state index in [-0.39, 0.29) is 12.1 Å². The molecular formula is C27H30N2O4. The van der Waals surface area contributed by atoms with E-state index in [0.717, 1.165) is 24.1 Å². The summed E-state index contributed by atoms with van der Waals surface area (Å²) in [7, 11) is 3.27. The molecule has 33 heavy (non-hydrogen) atoms. The van der Waals surface area contributed by atoms with Crippen LogP contribution >= 0.6 is 0 Å². The molecule has 1 N–H and O–H groups in total. The second kappa shape index (κ2) is 10.9. The second-order valence-electron chi connectivity index (χ2n) is 7.93. The van der Waals surface area contributed by atoms with E-state index in [1.807, 2.05) is 48.5 Å². The fourth-order valence-electron chi connectivity index (χ4n) is 4.05. The summed E-state index contributed by atoms with van der Waals surface area (Å²) in [6.07, 6.45) is 1.54. The topological polar surface area (TPSA) is 60.0 Å². The van der Waals surface area contributed by atoms with Crippen molar-refractivity contribution in [2.75, 3.05) is 39.3 Å². The Morgan fingerprint density at radius 1 is 0.909 bits per heavy atom. The summed E-state index contributed by atoms with van der Waals surface area (Å²) in [6, 6.07) is 23.8. The largest absolute Gasteiger partial charge is 0.493 e. The molecule has 0 saturated carbocycles. The number of carbonyl (C=O) groups is 1. The van der Waals surface area contributed by atoms with Crippen molar-refractivity contribution in [3.05, 3.63) is 89.5 Å². The van der Waals surface area contributed by atoms with Gasteiger partial charge >= 0.3 is 0 Å². The summed E-state index contributed by atoms with van der Waals surface area (Å²) in [5.74, 6) is 1.32. The lowest BCUT2D eigenvalue weighted by molar-refractivity contribution is 0.0609. The molecule has 172 valence electrons. The Morgan fingerprint density at radius 2 is 1.70 bits per heavy atom. The summed E-state index contributed by atoms with van der Waals surface area (Å²) < 4.78 is 16.9. The van der Waals surface area contributed by atoms with E-state index in [9.17, 15) is 4.79 Å². The van der Waals surface area contributed by atoms with Crippen molar-refractivity contribution in [3.63, 3.8) is 0 Å². The van der Waals surface area contributed by atoms with Crippen molar-refractivity contribution < 1.29 is 19.0 Å². The van der Waals surface area contributed by atoms with Gasteiger partial charge in [0.2, 0.25) is 0 Å². The quantitative estimate of drug-likeness (QED) is 0.448. The molecule has 1 aliphatic heterocycles. The molecule has 1 amide bonds. The first-order valence-corrected chi connectivity index (χ1v) is 11.2. The molecule has 1 unspecified atom stereocenters. The monoisotopic (exact) mass is 446 g/mol. The number of fused-ring (bicyclic) bond motifs is 1. The van der Waals surface area contributed by atoms with Crippen LogP contribution in [0.25, 0.3) is 0 Å². The molecule has 1 heterocycles. The smallest absolute Gasteiger partial charge is 0.257 e. The Morgan fingerprint density at radius 3 is 2.48 bits per heavy atom. The summed E-state index contributed by atoms with van der Waals surface area (Å²) in [6.45, 7) is 1.52. The minimum atomic E-state index is -0.330. The highest BCUT2D eigenvalue weighted by Crippen LogP contribution is 2.36. The molecule has 6 heteroatoms. The van der Waals surface area contributed by atoms with Gasteiger partial charge in [-0.25, -0.2) is 0 Å². The fourth-order valence-corrected chi connectivity index (χ4v) is 4.05. The number of methoxy groups -OCH3 is 2. The Kier molecular flexibility index (Phi) is 7.47. The SMILES string of the molecule is COCCN1C(=O)c2ccccc2NC1c1ccc(OCCCc2ccccc2)c(OC)c1. The van der Waals surface area contributed by atoms with E-state index in [4.69, 9.17) is 14.2 Å². The van der Waals surface area contributed by atoms with Gasteiger partial charge < -0.3 is 24.4 Å². The highest BCUT2D eigenvalue weighted by Gasteiger charge is 2.33. The molecular weight excluding hydrogens is 416 g/mol. The van der Waals surface area contributed by atoms with Crippen LogP contribution in [0.3, 0.4) is 0 Å². The number of carbonyl (C=O) groups excluding carboxylic acids is 1. The number of ether oxygens (including phenoxy) is 3. The van der Waals surface area contributed by atoms with Gasteiger partial charge in [0.1, 0.15) is 6.17 Å². The average molecular weight is 447 g/mol. The molecule has 0 aromatic heterocycles. The van der Waals surface area contributed by atoms with Gasteiger partial charge in [0, 0.05) is 19.3 Å². The Labute approximate surface area is 195 Å². The van der Waals surface area contributed by atoms with Crippen molar-refractivity contribution in [2.24, 2.45) is 0 Å². The van der Waals surface area contributed by atoms with Gasteiger partial charge in [0.15, 0.2) is 11.5 Å². The second-order valence-corrected chi connectivity index (χ2v) is 7.93. The number of amides is 1. The lowest BCUT2D eigenvalue weighted by atomic mass is 10.0. The molecule has 1 aliphatic rings. The summed E-state index contributed by atoms with van der Waals surface area (Å²) in [5, 5.41) is 3.50. The van der Waals surface area contributed by atoms with Crippen LogP contribution in [0, 0.1) is 0 Å². The van der Waals surface area contributed by atoms with E-state index in [2.05, 4.69) is 29.6 Å². The van der Waals surface area contributed by atoms with Crippen LogP contribution < -0.4 is 14.8 Å².